The number of hydrogen-bond donors (Lipinski definition) is 2. The molecule has 0 bridgehead atoms. The van der Waals surface area contributed by atoms with Crippen molar-refractivity contribution < 1.29 is 13.2 Å². The molecular weight excluding hydrogens is 432 g/mol. The summed E-state index contributed by atoms with van der Waals surface area (Å²) in [6.07, 6.45) is 0. The van der Waals surface area contributed by atoms with Gasteiger partial charge in [-0.15, -0.1) is 0 Å². The van der Waals surface area contributed by atoms with E-state index in [1.54, 1.807) is 6.92 Å². The summed E-state index contributed by atoms with van der Waals surface area (Å²) >= 11 is 1.35. The highest BCUT2D eigenvalue weighted by Crippen LogP contribution is 2.30. The smallest absolute Gasteiger partial charge is 0.238 e. The van der Waals surface area contributed by atoms with Crippen LogP contribution < -0.4 is 10.5 Å². The summed E-state index contributed by atoms with van der Waals surface area (Å²) in [5, 5.41) is 8.17. The Morgan fingerprint density at radius 2 is 1.65 bits per heavy atom. The summed E-state index contributed by atoms with van der Waals surface area (Å²) in [6, 6.07) is 23.4. The normalized spacial score (nSPS) is 12.6. The molecule has 4 aromatic rings. The molecule has 1 aromatic heterocycles. The van der Waals surface area contributed by atoms with E-state index in [1.165, 1.54) is 36.0 Å². The molecule has 9 heteroatoms. The number of sulfonamides is 1. The van der Waals surface area contributed by atoms with Crippen LogP contribution in [0.1, 0.15) is 6.92 Å². The topological polar surface area (TPSA) is 107 Å². The van der Waals surface area contributed by atoms with Gasteiger partial charge < -0.3 is 5.32 Å². The van der Waals surface area contributed by atoms with E-state index in [1.807, 2.05) is 59.2 Å². The Morgan fingerprint density at radius 1 is 1.00 bits per heavy atom. The van der Waals surface area contributed by atoms with E-state index in [4.69, 9.17) is 10.1 Å². The lowest BCUT2D eigenvalue weighted by molar-refractivity contribution is -0.115. The van der Waals surface area contributed by atoms with Gasteiger partial charge in [-0.2, -0.15) is 0 Å². The van der Waals surface area contributed by atoms with Gasteiger partial charge in [0.1, 0.15) is 0 Å². The van der Waals surface area contributed by atoms with Gasteiger partial charge in [-0.05, 0) is 55.5 Å². The van der Waals surface area contributed by atoms with Crippen molar-refractivity contribution in [2.75, 3.05) is 5.32 Å². The number of anilines is 1. The highest BCUT2D eigenvalue weighted by atomic mass is 32.2. The fourth-order valence-corrected chi connectivity index (χ4v) is 4.55. The summed E-state index contributed by atoms with van der Waals surface area (Å²) < 4.78 is 24.8. The average Bonchev–Trinajstić information content (AvgIpc) is 3.11. The van der Waals surface area contributed by atoms with Crippen molar-refractivity contribution in [1.82, 2.24) is 9.55 Å². The molecule has 0 saturated heterocycles. The molecule has 0 spiro atoms. The molecule has 3 aromatic carbocycles. The average molecular weight is 453 g/mol. The molecule has 1 amide bonds. The Hall–Kier alpha value is -3.14. The van der Waals surface area contributed by atoms with E-state index in [9.17, 15) is 13.2 Å². The maximum absolute atomic E-state index is 12.7. The molecule has 0 aliphatic carbocycles. The summed E-state index contributed by atoms with van der Waals surface area (Å²) in [5.74, 6) is -0.222. The molecule has 0 fully saturated rings. The molecule has 0 radical (unpaired) electrons. The number of carbonyl (C=O) groups excluding carboxylic acids is 1. The van der Waals surface area contributed by atoms with Gasteiger partial charge in [-0.3, -0.25) is 9.36 Å². The van der Waals surface area contributed by atoms with Crippen LogP contribution in [0.5, 0.6) is 0 Å². The van der Waals surface area contributed by atoms with Crippen molar-refractivity contribution in [2.24, 2.45) is 5.14 Å². The first-order valence-corrected chi connectivity index (χ1v) is 11.9. The molecule has 3 N–H and O–H groups in total. The molecule has 1 atom stereocenters. The number of thioether (sulfide) groups is 1. The van der Waals surface area contributed by atoms with Crippen LogP contribution >= 0.6 is 11.8 Å². The van der Waals surface area contributed by atoms with E-state index in [2.05, 4.69) is 5.32 Å². The maximum Gasteiger partial charge on any atom is 0.238 e. The minimum absolute atomic E-state index is 0.00972. The number of para-hydroxylation sites is 3. The Morgan fingerprint density at radius 3 is 2.32 bits per heavy atom. The summed E-state index contributed by atoms with van der Waals surface area (Å²) in [6.45, 7) is 1.80. The first-order chi connectivity index (χ1) is 14.8. The van der Waals surface area contributed by atoms with Gasteiger partial charge in [0.2, 0.25) is 15.9 Å². The van der Waals surface area contributed by atoms with Gasteiger partial charge in [-0.1, -0.05) is 42.1 Å². The van der Waals surface area contributed by atoms with Crippen molar-refractivity contribution in [3.05, 3.63) is 78.9 Å². The van der Waals surface area contributed by atoms with Gasteiger partial charge in [0, 0.05) is 11.4 Å². The quantitative estimate of drug-likeness (QED) is 0.433. The molecule has 0 aliphatic rings. The van der Waals surface area contributed by atoms with Crippen molar-refractivity contribution in [1.29, 1.82) is 0 Å². The van der Waals surface area contributed by atoms with Crippen LogP contribution in [-0.2, 0) is 14.8 Å². The second-order valence-corrected chi connectivity index (χ2v) is 9.74. The number of primary sulfonamides is 1. The van der Waals surface area contributed by atoms with Crippen LogP contribution in [0.4, 0.5) is 5.69 Å². The lowest BCUT2D eigenvalue weighted by Gasteiger charge is -2.14. The van der Waals surface area contributed by atoms with Crippen molar-refractivity contribution in [3.8, 4) is 5.69 Å². The van der Waals surface area contributed by atoms with Gasteiger partial charge in [0.15, 0.2) is 5.16 Å². The Kier molecular flexibility index (Phi) is 5.81. The SMILES string of the molecule is C[C@H](Sc1nc2ccccc2n1-c1ccccc1)C(=O)Nc1ccc(S(N)(=O)=O)cc1. The van der Waals surface area contributed by atoms with Crippen molar-refractivity contribution in [3.63, 3.8) is 0 Å². The second kappa shape index (κ2) is 8.54. The third kappa shape index (κ3) is 4.63. The number of aromatic nitrogens is 2. The Labute approximate surface area is 184 Å². The zero-order valence-corrected chi connectivity index (χ0v) is 18.2. The van der Waals surface area contributed by atoms with Crippen LogP contribution in [0, 0.1) is 0 Å². The largest absolute Gasteiger partial charge is 0.325 e. The van der Waals surface area contributed by atoms with Gasteiger partial charge in [-0.25, -0.2) is 18.5 Å². The lowest BCUT2D eigenvalue weighted by atomic mass is 10.3. The molecule has 0 unspecified atom stereocenters. The van der Waals surface area contributed by atoms with Gasteiger partial charge >= 0.3 is 0 Å². The van der Waals surface area contributed by atoms with Crippen LogP contribution in [0.15, 0.2) is 88.9 Å². The third-order valence-corrected chi connectivity index (χ3v) is 6.63. The van der Waals surface area contributed by atoms with E-state index in [-0.39, 0.29) is 10.8 Å². The Bertz CT molecular complexity index is 1330. The molecule has 0 aliphatic heterocycles. The van der Waals surface area contributed by atoms with Gasteiger partial charge in [0.05, 0.1) is 21.2 Å². The number of nitrogens with two attached hydrogens (primary N) is 1. The molecule has 158 valence electrons. The first-order valence-electron chi connectivity index (χ1n) is 9.46. The van der Waals surface area contributed by atoms with E-state index >= 15 is 0 Å². The molecule has 1 heterocycles. The second-order valence-electron chi connectivity index (χ2n) is 6.87. The number of hydrogen-bond acceptors (Lipinski definition) is 5. The van der Waals surface area contributed by atoms with E-state index in [0.717, 1.165) is 16.7 Å². The van der Waals surface area contributed by atoms with Crippen LogP contribution in [-0.4, -0.2) is 29.1 Å². The number of nitrogens with one attached hydrogen (secondary N) is 1. The van der Waals surface area contributed by atoms with E-state index in [0.29, 0.717) is 10.8 Å². The monoisotopic (exact) mass is 452 g/mol. The summed E-state index contributed by atoms with van der Waals surface area (Å²) in [5.41, 5.74) is 3.26. The minimum atomic E-state index is -3.78. The van der Waals surface area contributed by atoms with Crippen LogP contribution in [0.2, 0.25) is 0 Å². The molecule has 31 heavy (non-hydrogen) atoms. The molecule has 0 saturated carbocycles. The number of nitrogens with zero attached hydrogens (tertiary/aromatic N) is 2. The van der Waals surface area contributed by atoms with Crippen LogP contribution in [0.3, 0.4) is 0 Å². The highest BCUT2D eigenvalue weighted by molar-refractivity contribution is 8.00. The minimum Gasteiger partial charge on any atom is -0.325 e. The number of amides is 1. The zero-order valence-electron chi connectivity index (χ0n) is 16.6. The predicted octanol–water partition coefficient (Wildman–Crippen LogP) is 3.79. The number of fused-ring (bicyclic) bond motifs is 1. The van der Waals surface area contributed by atoms with E-state index < -0.39 is 15.3 Å². The summed E-state index contributed by atoms with van der Waals surface area (Å²) in [4.78, 5) is 17.5. The standard InChI is InChI=1S/C22H20N4O3S2/c1-15(21(27)24-16-11-13-18(14-12-16)31(23,28)29)30-22-25-19-9-5-6-10-20(19)26(22)17-7-3-2-4-8-17/h2-15H,1H3,(H,24,27)(H2,23,28,29)/t15-/m0/s1. The number of carbonyl (C=O) groups is 1. The predicted molar refractivity (Wildman–Crippen MR) is 123 cm³/mol. The molecule has 4 rings (SSSR count). The van der Waals surface area contributed by atoms with Crippen molar-refractivity contribution in [2.45, 2.75) is 22.2 Å². The fraction of sp³-hybridized carbons (Fsp3) is 0.0909. The molecular formula is C22H20N4O3S2. The van der Waals surface area contributed by atoms with Crippen molar-refractivity contribution >= 4 is 44.4 Å². The maximum atomic E-state index is 12.7. The van der Waals surface area contributed by atoms with Crippen LogP contribution in [0.25, 0.3) is 16.7 Å². The Balaban J connectivity index is 1.57. The third-order valence-electron chi connectivity index (χ3n) is 4.65. The summed E-state index contributed by atoms with van der Waals surface area (Å²) in [7, 11) is -3.78. The number of rotatable bonds is 6. The lowest BCUT2D eigenvalue weighted by Crippen LogP contribution is -2.23. The highest BCUT2D eigenvalue weighted by Gasteiger charge is 2.20. The molecule has 7 nitrogen and oxygen atoms in total. The fourth-order valence-electron chi connectivity index (χ4n) is 3.09. The zero-order chi connectivity index (χ0) is 22.0. The number of benzene rings is 3. The van der Waals surface area contributed by atoms with Gasteiger partial charge in [0.25, 0.3) is 0 Å². The first kappa shape index (κ1) is 21.1. The number of imidazole rings is 1.